The molecule has 2 heterocycles. The maximum atomic E-state index is 9.53. The van der Waals surface area contributed by atoms with Crippen LogP contribution in [0.25, 0.3) is 11.4 Å². The van der Waals surface area contributed by atoms with E-state index in [1.54, 1.807) is 0 Å². The van der Waals surface area contributed by atoms with Gasteiger partial charge in [-0.2, -0.15) is 4.98 Å². The van der Waals surface area contributed by atoms with Gasteiger partial charge in [0.15, 0.2) is 0 Å². The minimum absolute atomic E-state index is 0.0520. The van der Waals surface area contributed by atoms with Crippen LogP contribution in [0, 0.1) is 13.8 Å². The van der Waals surface area contributed by atoms with Crippen molar-refractivity contribution >= 4 is 15.9 Å². The molecule has 5 nitrogen and oxygen atoms in total. The summed E-state index contributed by atoms with van der Waals surface area (Å²) in [6, 6.07) is 4.01. The Bertz CT molecular complexity index is 618. The molecule has 0 saturated carbocycles. The SMILES string of the molecule is Cc1cc(-c2noc(C3CC(O)CN3)n2)cc(C)c1Br. The van der Waals surface area contributed by atoms with Crippen LogP contribution in [0.5, 0.6) is 0 Å². The van der Waals surface area contributed by atoms with Crippen molar-refractivity contribution in [2.45, 2.75) is 32.4 Å². The van der Waals surface area contributed by atoms with Crippen molar-refractivity contribution in [3.8, 4) is 11.4 Å². The summed E-state index contributed by atoms with van der Waals surface area (Å²) in [5.41, 5.74) is 3.22. The first kappa shape index (κ1) is 13.7. The Morgan fingerprint density at radius 3 is 2.65 bits per heavy atom. The van der Waals surface area contributed by atoms with Crippen molar-refractivity contribution in [2.24, 2.45) is 0 Å². The summed E-state index contributed by atoms with van der Waals surface area (Å²) in [5, 5.41) is 16.7. The third kappa shape index (κ3) is 2.51. The van der Waals surface area contributed by atoms with Gasteiger partial charge >= 0.3 is 0 Å². The lowest BCUT2D eigenvalue weighted by Gasteiger charge is -2.05. The monoisotopic (exact) mass is 337 g/mol. The minimum Gasteiger partial charge on any atom is -0.392 e. The van der Waals surface area contributed by atoms with Crippen molar-refractivity contribution in [3.63, 3.8) is 0 Å². The number of nitrogens with one attached hydrogen (secondary N) is 1. The first-order chi connectivity index (χ1) is 9.54. The molecule has 0 aliphatic carbocycles. The molecule has 0 radical (unpaired) electrons. The molecule has 2 atom stereocenters. The number of rotatable bonds is 2. The second-order valence-corrected chi connectivity index (χ2v) is 6.02. The molecular weight excluding hydrogens is 322 g/mol. The topological polar surface area (TPSA) is 71.2 Å². The van der Waals surface area contributed by atoms with Crippen LogP contribution in [0.4, 0.5) is 0 Å². The average molecular weight is 338 g/mol. The first-order valence-electron chi connectivity index (χ1n) is 6.57. The molecule has 6 heteroatoms. The van der Waals surface area contributed by atoms with Crippen LogP contribution in [0.3, 0.4) is 0 Å². The maximum absolute atomic E-state index is 9.53. The molecule has 3 rings (SSSR count). The first-order valence-corrected chi connectivity index (χ1v) is 7.36. The van der Waals surface area contributed by atoms with Crippen molar-refractivity contribution < 1.29 is 9.63 Å². The summed E-state index contributed by atoms with van der Waals surface area (Å²) in [5.74, 6) is 1.12. The number of aryl methyl sites for hydroxylation is 2. The third-order valence-electron chi connectivity index (χ3n) is 3.54. The number of benzene rings is 1. The third-order valence-corrected chi connectivity index (χ3v) is 4.79. The Kier molecular flexibility index (Phi) is 3.62. The fraction of sp³-hybridized carbons (Fsp3) is 0.429. The highest BCUT2D eigenvalue weighted by Gasteiger charge is 2.28. The lowest BCUT2D eigenvalue weighted by Crippen LogP contribution is -2.15. The highest BCUT2D eigenvalue weighted by Crippen LogP contribution is 2.29. The van der Waals surface area contributed by atoms with Crippen molar-refractivity contribution in [2.75, 3.05) is 6.54 Å². The average Bonchev–Trinajstić information content (AvgIpc) is 3.03. The van der Waals surface area contributed by atoms with Gasteiger partial charge in [-0.1, -0.05) is 21.1 Å². The Morgan fingerprint density at radius 2 is 2.05 bits per heavy atom. The van der Waals surface area contributed by atoms with E-state index in [0.717, 1.165) is 21.2 Å². The molecule has 20 heavy (non-hydrogen) atoms. The summed E-state index contributed by atoms with van der Waals surface area (Å²) in [4.78, 5) is 4.44. The van der Waals surface area contributed by atoms with Gasteiger partial charge in [0, 0.05) is 16.6 Å². The minimum atomic E-state index is -0.340. The summed E-state index contributed by atoms with van der Waals surface area (Å²) in [6.45, 7) is 4.64. The van der Waals surface area contributed by atoms with E-state index >= 15 is 0 Å². The van der Waals surface area contributed by atoms with Crippen LogP contribution in [0.2, 0.25) is 0 Å². The molecular formula is C14H16BrN3O2. The van der Waals surface area contributed by atoms with E-state index in [1.807, 2.05) is 26.0 Å². The van der Waals surface area contributed by atoms with Crippen LogP contribution >= 0.6 is 15.9 Å². The molecule has 0 amide bonds. The van der Waals surface area contributed by atoms with E-state index in [9.17, 15) is 5.11 Å². The van der Waals surface area contributed by atoms with Gasteiger partial charge in [0.05, 0.1) is 12.1 Å². The molecule has 1 saturated heterocycles. The lowest BCUT2D eigenvalue weighted by atomic mass is 10.1. The molecule has 2 unspecified atom stereocenters. The van der Waals surface area contributed by atoms with Gasteiger partial charge < -0.3 is 14.9 Å². The van der Waals surface area contributed by atoms with Crippen molar-refractivity contribution in [1.29, 1.82) is 0 Å². The molecule has 106 valence electrons. The van der Waals surface area contributed by atoms with Gasteiger partial charge in [-0.25, -0.2) is 0 Å². The quantitative estimate of drug-likeness (QED) is 0.880. The zero-order chi connectivity index (χ0) is 14.3. The summed E-state index contributed by atoms with van der Waals surface area (Å²) in [7, 11) is 0. The van der Waals surface area contributed by atoms with E-state index in [1.165, 1.54) is 0 Å². The van der Waals surface area contributed by atoms with Gasteiger partial charge in [-0.05, 0) is 43.5 Å². The van der Waals surface area contributed by atoms with Crippen LogP contribution in [0.1, 0.15) is 29.5 Å². The fourth-order valence-electron chi connectivity index (χ4n) is 2.47. The number of aromatic nitrogens is 2. The number of hydrogen-bond donors (Lipinski definition) is 2. The number of nitrogens with zero attached hydrogens (tertiary/aromatic N) is 2. The smallest absolute Gasteiger partial charge is 0.244 e. The van der Waals surface area contributed by atoms with Crippen LogP contribution in [-0.4, -0.2) is 27.9 Å². The zero-order valence-corrected chi connectivity index (χ0v) is 12.9. The molecule has 0 bridgehead atoms. The van der Waals surface area contributed by atoms with E-state index in [2.05, 4.69) is 31.4 Å². The number of aliphatic hydroxyl groups excluding tert-OH is 1. The molecule has 1 aromatic carbocycles. The second-order valence-electron chi connectivity index (χ2n) is 5.23. The fourth-order valence-corrected chi connectivity index (χ4v) is 2.70. The highest BCUT2D eigenvalue weighted by molar-refractivity contribution is 9.10. The molecule has 0 spiro atoms. The number of halogens is 1. The number of hydrogen-bond acceptors (Lipinski definition) is 5. The standard InChI is InChI=1S/C14H16BrN3O2/c1-7-3-9(4-8(2)12(7)15)13-17-14(20-18-13)11-5-10(19)6-16-11/h3-4,10-11,16,19H,5-6H2,1-2H3. The van der Waals surface area contributed by atoms with Crippen LogP contribution in [0.15, 0.2) is 21.1 Å². The molecule has 1 fully saturated rings. The predicted molar refractivity (Wildman–Crippen MR) is 78.3 cm³/mol. The summed E-state index contributed by atoms with van der Waals surface area (Å²) in [6.07, 6.45) is 0.271. The Morgan fingerprint density at radius 1 is 1.35 bits per heavy atom. The number of aliphatic hydroxyl groups is 1. The van der Waals surface area contributed by atoms with E-state index in [0.29, 0.717) is 24.7 Å². The van der Waals surface area contributed by atoms with Gasteiger partial charge in [0.2, 0.25) is 11.7 Å². The van der Waals surface area contributed by atoms with Crippen molar-refractivity contribution in [3.05, 3.63) is 33.6 Å². The lowest BCUT2D eigenvalue weighted by molar-refractivity contribution is 0.191. The molecule has 2 N–H and O–H groups in total. The Labute approximate surface area is 125 Å². The zero-order valence-electron chi connectivity index (χ0n) is 11.4. The molecule has 1 aliphatic rings. The highest BCUT2D eigenvalue weighted by atomic mass is 79.9. The van der Waals surface area contributed by atoms with Gasteiger partial charge in [0.25, 0.3) is 0 Å². The van der Waals surface area contributed by atoms with Crippen LogP contribution in [-0.2, 0) is 0 Å². The summed E-state index contributed by atoms with van der Waals surface area (Å²) >= 11 is 3.55. The normalized spacial score (nSPS) is 22.4. The Balaban J connectivity index is 1.90. The molecule has 1 aliphatic heterocycles. The Hall–Kier alpha value is -1.24. The molecule has 1 aromatic heterocycles. The van der Waals surface area contributed by atoms with Gasteiger partial charge in [-0.15, -0.1) is 0 Å². The van der Waals surface area contributed by atoms with E-state index in [-0.39, 0.29) is 12.1 Å². The maximum Gasteiger partial charge on any atom is 0.244 e. The van der Waals surface area contributed by atoms with Gasteiger partial charge in [0.1, 0.15) is 0 Å². The van der Waals surface area contributed by atoms with Crippen LogP contribution < -0.4 is 5.32 Å². The largest absolute Gasteiger partial charge is 0.392 e. The van der Waals surface area contributed by atoms with E-state index < -0.39 is 0 Å². The van der Waals surface area contributed by atoms with Gasteiger partial charge in [-0.3, -0.25) is 0 Å². The predicted octanol–water partition coefficient (Wildman–Crippen LogP) is 2.51. The molecule has 2 aromatic rings. The number of β-amino-alcohol motifs (C(OH)–C–C–N with tert-alkyl or cyclic N) is 1. The second kappa shape index (κ2) is 5.27. The van der Waals surface area contributed by atoms with Crippen molar-refractivity contribution in [1.82, 2.24) is 15.5 Å². The summed E-state index contributed by atoms with van der Waals surface area (Å²) < 4.78 is 6.42. The van der Waals surface area contributed by atoms with E-state index in [4.69, 9.17) is 4.52 Å².